The number of carbonyl (C=O) groups is 1. The summed E-state index contributed by atoms with van der Waals surface area (Å²) in [6.45, 7) is -0.309. The molecule has 0 saturated carbocycles. The summed E-state index contributed by atoms with van der Waals surface area (Å²) < 4.78 is 70.2. The number of likely N-dealkylation sites (N-methyl/N-ethyl adjacent to an activating group) is 1. The Morgan fingerprint density at radius 2 is 1.74 bits per heavy atom. The number of sulfonamides is 2. The van der Waals surface area contributed by atoms with Gasteiger partial charge in [-0.3, -0.25) is 9.10 Å². The number of anilines is 1. The van der Waals surface area contributed by atoms with Gasteiger partial charge >= 0.3 is 0 Å². The number of aromatic nitrogens is 1. The molecule has 3 aromatic rings. The van der Waals surface area contributed by atoms with Crippen LogP contribution < -0.4 is 10.0 Å². The average molecular weight is 624 g/mol. The van der Waals surface area contributed by atoms with Gasteiger partial charge in [-0.1, -0.05) is 22.6 Å². The van der Waals surface area contributed by atoms with E-state index >= 15 is 0 Å². The monoisotopic (exact) mass is 624 g/mol. The number of amides is 1. The first kappa shape index (κ1) is 26.3. The summed E-state index contributed by atoms with van der Waals surface area (Å²) in [7, 11) is -6.06. The van der Waals surface area contributed by atoms with E-state index in [0.717, 1.165) is 21.1 Å². The van der Waals surface area contributed by atoms with E-state index in [0.29, 0.717) is 15.6 Å². The van der Waals surface area contributed by atoms with Crippen molar-refractivity contribution in [1.29, 1.82) is 0 Å². The normalized spacial score (nSPS) is 12.4. The quantitative estimate of drug-likeness (QED) is 0.284. The van der Waals surface area contributed by atoms with Gasteiger partial charge in [-0.2, -0.15) is 4.98 Å². The van der Waals surface area contributed by atoms with Gasteiger partial charge in [0, 0.05) is 35.7 Å². The van der Waals surface area contributed by atoms with E-state index in [1.54, 1.807) is 6.07 Å². The summed E-state index contributed by atoms with van der Waals surface area (Å²) in [5.74, 6) is -1.14. The van der Waals surface area contributed by atoms with Crippen molar-refractivity contribution in [3.8, 4) is 11.3 Å². The van der Waals surface area contributed by atoms with Crippen molar-refractivity contribution in [1.82, 2.24) is 9.29 Å². The second-order valence-electron chi connectivity index (χ2n) is 7.55. The zero-order chi connectivity index (χ0) is 25.4. The highest BCUT2D eigenvalue weighted by Gasteiger charge is 2.28. The molecule has 3 rings (SSSR count). The largest absolute Gasteiger partial charge is 0.437 e. The van der Waals surface area contributed by atoms with Crippen LogP contribution in [0.4, 0.5) is 10.2 Å². The van der Waals surface area contributed by atoms with Gasteiger partial charge in [-0.05, 0) is 30.3 Å². The molecule has 0 aliphatic carbocycles. The molecule has 10 nitrogen and oxygen atoms in total. The molecule has 2 N–H and O–H groups in total. The van der Waals surface area contributed by atoms with Crippen LogP contribution in [-0.4, -0.2) is 64.7 Å². The van der Waals surface area contributed by atoms with Crippen molar-refractivity contribution < 1.29 is 30.4 Å². The third kappa shape index (κ3) is 5.50. The molecule has 2 heterocycles. The zero-order valence-corrected chi connectivity index (χ0v) is 22.2. The van der Waals surface area contributed by atoms with Crippen molar-refractivity contribution in [3.63, 3.8) is 0 Å². The lowest BCUT2D eigenvalue weighted by Gasteiger charge is -2.25. The van der Waals surface area contributed by atoms with Crippen LogP contribution in [0.25, 0.3) is 22.4 Å². The molecule has 0 fully saturated rings. The molecule has 0 radical (unpaired) electrons. The fourth-order valence-corrected chi connectivity index (χ4v) is 5.11. The number of carbonyl (C=O) groups excluding carboxylic acids is 1. The van der Waals surface area contributed by atoms with Gasteiger partial charge < -0.3 is 10.2 Å². The lowest BCUT2D eigenvalue weighted by atomic mass is 10.0. The molecule has 1 aromatic carbocycles. The number of primary amides is 1. The highest BCUT2D eigenvalue weighted by atomic mass is 127. The number of nitrogens with zero attached hydrogens (tertiary/aromatic N) is 3. The Balaban J connectivity index is 2.20. The molecule has 0 unspecified atom stereocenters. The second-order valence-corrected chi connectivity index (χ2v) is 12.3. The highest BCUT2D eigenvalue weighted by Crippen LogP contribution is 2.36. The fraction of sp³-hybridized carbons (Fsp3) is 0.300. The van der Waals surface area contributed by atoms with E-state index in [2.05, 4.69) is 4.98 Å². The van der Waals surface area contributed by atoms with Gasteiger partial charge in [0.2, 0.25) is 25.8 Å². The molecule has 2 aromatic heterocycles. The van der Waals surface area contributed by atoms with Crippen LogP contribution in [0.1, 0.15) is 15.9 Å². The Morgan fingerprint density at radius 1 is 1.12 bits per heavy atom. The number of pyridine rings is 1. The summed E-state index contributed by atoms with van der Waals surface area (Å²) in [4.78, 5) is 16.7. The van der Waals surface area contributed by atoms with Crippen LogP contribution in [0, 0.1) is 5.82 Å². The molecular formula is C20H22FIN4O6S2. The number of halogens is 2. The van der Waals surface area contributed by atoms with Gasteiger partial charge in [-0.15, -0.1) is 0 Å². The van der Waals surface area contributed by atoms with Crippen LogP contribution >= 0.6 is 22.6 Å². The Bertz CT molecular complexity index is 1460. The van der Waals surface area contributed by atoms with Crippen molar-refractivity contribution in [2.24, 2.45) is 5.73 Å². The van der Waals surface area contributed by atoms with E-state index < -0.39 is 31.8 Å². The van der Waals surface area contributed by atoms with E-state index in [-0.39, 0.29) is 41.3 Å². The number of rotatable bonds is 9. The van der Waals surface area contributed by atoms with Gasteiger partial charge in [0.1, 0.15) is 17.4 Å². The SMILES string of the molecule is CN(CCN(c1nc2oc(-c3ccc(F)cc3)c(C(N)=O)c2cc1CI)S(C)(=O)=O)S(C)(=O)=O. The molecule has 14 heteroatoms. The number of nitrogens with two attached hydrogens (primary N) is 1. The summed E-state index contributed by atoms with van der Waals surface area (Å²) in [6, 6.07) is 6.81. The summed E-state index contributed by atoms with van der Waals surface area (Å²) in [5.41, 5.74) is 6.45. The molecule has 1 amide bonds. The Kier molecular flexibility index (Phi) is 7.54. The number of alkyl halides is 1. The van der Waals surface area contributed by atoms with Crippen molar-refractivity contribution in [2.45, 2.75) is 4.43 Å². The first-order valence-corrected chi connectivity index (χ1v) is 14.9. The maximum Gasteiger partial charge on any atom is 0.253 e. The minimum atomic E-state index is -3.87. The van der Waals surface area contributed by atoms with Gasteiger partial charge in [0.25, 0.3) is 5.91 Å². The smallest absolute Gasteiger partial charge is 0.253 e. The van der Waals surface area contributed by atoms with Crippen molar-refractivity contribution >= 4 is 65.5 Å². The number of hydrogen-bond acceptors (Lipinski definition) is 7. The van der Waals surface area contributed by atoms with E-state index in [1.165, 1.54) is 31.3 Å². The molecule has 0 aliphatic rings. The molecule has 0 saturated heterocycles. The van der Waals surface area contributed by atoms with Gasteiger partial charge in [-0.25, -0.2) is 25.5 Å². The van der Waals surface area contributed by atoms with Crippen molar-refractivity contribution in [3.05, 3.63) is 47.3 Å². The predicted molar refractivity (Wildman–Crippen MR) is 135 cm³/mol. The number of hydrogen-bond donors (Lipinski definition) is 1. The third-order valence-electron chi connectivity index (χ3n) is 5.06. The maximum absolute atomic E-state index is 13.4. The summed E-state index contributed by atoms with van der Waals surface area (Å²) >= 11 is 2.02. The minimum Gasteiger partial charge on any atom is -0.437 e. The van der Waals surface area contributed by atoms with Crippen LogP contribution in [0.15, 0.2) is 34.7 Å². The van der Waals surface area contributed by atoms with Gasteiger partial charge in [0.15, 0.2) is 0 Å². The van der Waals surface area contributed by atoms with Crippen LogP contribution in [0.2, 0.25) is 0 Å². The second kappa shape index (κ2) is 9.75. The van der Waals surface area contributed by atoms with E-state index in [4.69, 9.17) is 10.2 Å². The third-order valence-corrected chi connectivity index (χ3v) is 8.35. The highest BCUT2D eigenvalue weighted by molar-refractivity contribution is 14.1. The zero-order valence-electron chi connectivity index (χ0n) is 18.4. The Hall–Kier alpha value is -2.30. The predicted octanol–water partition coefficient (Wildman–Crippen LogP) is 2.33. The topological polar surface area (TPSA) is 144 Å². The molecule has 0 atom stereocenters. The average Bonchev–Trinajstić information content (AvgIpc) is 3.10. The summed E-state index contributed by atoms with van der Waals surface area (Å²) in [6.07, 6.45) is 2.00. The number of benzene rings is 1. The molecule has 0 bridgehead atoms. The first-order chi connectivity index (χ1) is 15.7. The van der Waals surface area contributed by atoms with Crippen LogP contribution in [-0.2, 0) is 24.5 Å². The Morgan fingerprint density at radius 3 is 2.24 bits per heavy atom. The van der Waals surface area contributed by atoms with Gasteiger partial charge in [0.05, 0.1) is 23.5 Å². The van der Waals surface area contributed by atoms with Crippen LogP contribution in [0.3, 0.4) is 0 Å². The molecule has 0 aliphatic heterocycles. The van der Waals surface area contributed by atoms with E-state index in [9.17, 15) is 26.0 Å². The Labute approximate surface area is 210 Å². The lowest BCUT2D eigenvalue weighted by molar-refractivity contribution is 0.100. The van der Waals surface area contributed by atoms with E-state index in [1.807, 2.05) is 22.6 Å². The van der Waals surface area contributed by atoms with Crippen LogP contribution in [0.5, 0.6) is 0 Å². The number of fused-ring (bicyclic) bond motifs is 1. The minimum absolute atomic E-state index is 0.0365. The molecule has 34 heavy (non-hydrogen) atoms. The van der Waals surface area contributed by atoms with Crippen molar-refractivity contribution in [2.75, 3.05) is 37.0 Å². The molecule has 0 spiro atoms. The standard InChI is InChI=1S/C20H22FIN4O6S2/c1-25(33(2,28)29)8-9-26(34(3,30)31)19-13(11-22)10-15-16(18(23)27)17(32-20(15)24-19)12-4-6-14(21)7-5-12/h4-7,10H,8-9,11H2,1-3H3,(H2,23,27). The number of furan rings is 1. The maximum atomic E-state index is 13.4. The molecular weight excluding hydrogens is 602 g/mol. The summed E-state index contributed by atoms with van der Waals surface area (Å²) in [5, 5.41) is 0.281. The fourth-order valence-electron chi connectivity index (χ4n) is 3.25. The lowest BCUT2D eigenvalue weighted by Crippen LogP contribution is -2.39. The first-order valence-electron chi connectivity index (χ1n) is 9.71. The molecule has 184 valence electrons.